The van der Waals surface area contributed by atoms with E-state index in [1.807, 2.05) is 0 Å². The van der Waals surface area contributed by atoms with Gasteiger partial charge >= 0.3 is 6.18 Å². The van der Waals surface area contributed by atoms with Gasteiger partial charge in [-0.1, -0.05) is 12.1 Å². The highest BCUT2D eigenvalue weighted by Crippen LogP contribution is 2.35. The number of alkyl halides is 3. The van der Waals surface area contributed by atoms with Crippen LogP contribution in [0.2, 0.25) is 0 Å². The molecule has 1 aromatic rings. The van der Waals surface area contributed by atoms with E-state index in [9.17, 15) is 13.2 Å². The molecule has 0 saturated heterocycles. The molecule has 1 aliphatic heterocycles. The van der Waals surface area contributed by atoms with Crippen LogP contribution < -0.4 is 16.0 Å². The molecular formula is C10H11F3N2O. The van der Waals surface area contributed by atoms with Crippen LogP contribution in [0, 0.1) is 0 Å². The molecule has 2 rings (SSSR count). The molecule has 1 aliphatic rings. The molecule has 0 bridgehead atoms. The summed E-state index contributed by atoms with van der Waals surface area (Å²) in [4.78, 5) is 0. The first-order valence-electron chi connectivity index (χ1n) is 4.81. The number of hydrogen-bond donors (Lipinski definition) is 2. The fourth-order valence-electron chi connectivity index (χ4n) is 1.77. The maximum absolute atomic E-state index is 12.6. The summed E-state index contributed by atoms with van der Waals surface area (Å²) in [6, 6.07) is 2.58. The predicted octanol–water partition coefficient (Wildman–Crippen LogP) is 1.69. The Morgan fingerprint density at radius 2 is 2.12 bits per heavy atom. The maximum Gasteiger partial charge on any atom is 0.409 e. The Morgan fingerprint density at radius 1 is 1.38 bits per heavy atom. The van der Waals surface area contributed by atoms with Crippen LogP contribution in [0.3, 0.4) is 0 Å². The Kier molecular flexibility index (Phi) is 2.77. The summed E-state index contributed by atoms with van der Waals surface area (Å²) in [7, 11) is 0. The topological polar surface area (TPSA) is 47.3 Å². The maximum atomic E-state index is 12.6. The van der Waals surface area contributed by atoms with Gasteiger partial charge in [-0.15, -0.1) is 0 Å². The van der Waals surface area contributed by atoms with Crippen molar-refractivity contribution in [3.63, 3.8) is 0 Å². The zero-order valence-electron chi connectivity index (χ0n) is 8.34. The number of benzene rings is 1. The van der Waals surface area contributed by atoms with E-state index in [0.717, 1.165) is 5.56 Å². The summed E-state index contributed by atoms with van der Waals surface area (Å²) in [6.07, 6.45) is -3.76. The van der Waals surface area contributed by atoms with Crippen molar-refractivity contribution in [3.05, 3.63) is 29.3 Å². The van der Waals surface area contributed by atoms with Crippen molar-refractivity contribution >= 4 is 0 Å². The molecule has 0 aliphatic carbocycles. The van der Waals surface area contributed by atoms with E-state index in [1.54, 1.807) is 11.5 Å². The molecule has 1 unspecified atom stereocenters. The molecule has 1 aromatic carbocycles. The number of rotatable bonds is 2. The Labute approximate surface area is 90.4 Å². The summed E-state index contributed by atoms with van der Waals surface area (Å²) in [6.45, 7) is 0.519. The van der Waals surface area contributed by atoms with Crippen molar-refractivity contribution in [2.75, 3.05) is 6.61 Å². The third-order valence-corrected chi connectivity index (χ3v) is 2.54. The van der Waals surface area contributed by atoms with Crippen LogP contribution in [0.5, 0.6) is 5.75 Å². The van der Waals surface area contributed by atoms with Crippen LogP contribution in [-0.2, 0) is 6.42 Å². The minimum absolute atomic E-state index is 0.110. The second-order valence-corrected chi connectivity index (χ2v) is 3.61. The summed E-state index contributed by atoms with van der Waals surface area (Å²) < 4.78 is 43.0. The normalized spacial score (nSPS) is 16.8. The lowest BCUT2D eigenvalue weighted by Gasteiger charge is -2.20. The molecule has 0 amide bonds. The average Bonchev–Trinajstić information content (AvgIpc) is 2.63. The third-order valence-electron chi connectivity index (χ3n) is 2.54. The zero-order chi connectivity index (χ0) is 11.8. The van der Waals surface area contributed by atoms with Gasteiger partial charge in [-0.25, -0.2) is 5.43 Å². The quantitative estimate of drug-likeness (QED) is 0.602. The minimum Gasteiger partial charge on any atom is -0.493 e. The Hall–Kier alpha value is -1.27. The van der Waals surface area contributed by atoms with E-state index in [1.165, 1.54) is 12.1 Å². The lowest BCUT2D eigenvalue weighted by atomic mass is 10.0. The molecule has 0 aromatic heterocycles. The van der Waals surface area contributed by atoms with Gasteiger partial charge in [0, 0.05) is 6.42 Å². The monoisotopic (exact) mass is 232 g/mol. The Balaban J connectivity index is 2.33. The van der Waals surface area contributed by atoms with Crippen LogP contribution in [0.25, 0.3) is 0 Å². The van der Waals surface area contributed by atoms with Crippen LogP contribution >= 0.6 is 0 Å². The van der Waals surface area contributed by atoms with Gasteiger partial charge in [0.2, 0.25) is 0 Å². The molecule has 88 valence electrons. The molecule has 1 atom stereocenters. The van der Waals surface area contributed by atoms with E-state index in [0.29, 0.717) is 18.8 Å². The number of ether oxygens (including phenoxy) is 1. The van der Waals surface area contributed by atoms with E-state index >= 15 is 0 Å². The van der Waals surface area contributed by atoms with E-state index in [-0.39, 0.29) is 5.56 Å². The van der Waals surface area contributed by atoms with Gasteiger partial charge in [0.1, 0.15) is 11.8 Å². The van der Waals surface area contributed by atoms with Crippen LogP contribution in [-0.4, -0.2) is 12.8 Å². The number of hydrogen-bond acceptors (Lipinski definition) is 3. The van der Waals surface area contributed by atoms with Crippen molar-refractivity contribution in [1.82, 2.24) is 5.43 Å². The number of halogens is 3. The van der Waals surface area contributed by atoms with Gasteiger partial charge in [-0.2, -0.15) is 13.2 Å². The molecule has 6 heteroatoms. The number of fused-ring (bicyclic) bond motifs is 1. The smallest absolute Gasteiger partial charge is 0.409 e. The van der Waals surface area contributed by atoms with E-state index in [4.69, 9.17) is 10.6 Å². The highest BCUT2D eigenvalue weighted by Gasteiger charge is 2.40. The molecule has 0 saturated carbocycles. The highest BCUT2D eigenvalue weighted by atomic mass is 19.4. The second-order valence-electron chi connectivity index (χ2n) is 3.61. The van der Waals surface area contributed by atoms with Crippen molar-refractivity contribution in [2.24, 2.45) is 5.84 Å². The van der Waals surface area contributed by atoms with Gasteiger partial charge in [0.25, 0.3) is 0 Å². The summed E-state index contributed by atoms with van der Waals surface area (Å²) in [5.41, 5.74) is 2.69. The average molecular weight is 232 g/mol. The Morgan fingerprint density at radius 3 is 2.75 bits per heavy atom. The lowest BCUT2D eigenvalue weighted by molar-refractivity contribution is -0.157. The number of hydrazine groups is 1. The first kappa shape index (κ1) is 11.2. The molecule has 3 nitrogen and oxygen atoms in total. The van der Waals surface area contributed by atoms with Crippen molar-refractivity contribution in [3.8, 4) is 5.75 Å². The predicted molar refractivity (Wildman–Crippen MR) is 51.8 cm³/mol. The molecule has 16 heavy (non-hydrogen) atoms. The first-order chi connectivity index (χ1) is 7.52. The van der Waals surface area contributed by atoms with Crippen molar-refractivity contribution < 1.29 is 17.9 Å². The summed E-state index contributed by atoms with van der Waals surface area (Å²) in [5, 5.41) is 0. The fourth-order valence-corrected chi connectivity index (χ4v) is 1.77. The van der Waals surface area contributed by atoms with Crippen LogP contribution in [0.15, 0.2) is 18.2 Å². The fraction of sp³-hybridized carbons (Fsp3) is 0.400. The molecule has 3 N–H and O–H groups in total. The minimum atomic E-state index is -4.40. The lowest BCUT2D eigenvalue weighted by Crippen LogP contribution is -2.38. The van der Waals surface area contributed by atoms with Gasteiger partial charge in [0.05, 0.1) is 6.61 Å². The second kappa shape index (κ2) is 3.95. The molecule has 1 heterocycles. The summed E-state index contributed by atoms with van der Waals surface area (Å²) in [5.74, 6) is 5.59. The molecule has 0 radical (unpaired) electrons. The van der Waals surface area contributed by atoms with Crippen LogP contribution in [0.1, 0.15) is 17.2 Å². The zero-order valence-corrected chi connectivity index (χ0v) is 8.34. The highest BCUT2D eigenvalue weighted by molar-refractivity contribution is 5.41. The van der Waals surface area contributed by atoms with Crippen LogP contribution in [0.4, 0.5) is 13.2 Å². The van der Waals surface area contributed by atoms with Crippen molar-refractivity contribution in [2.45, 2.75) is 18.6 Å². The molecule has 0 spiro atoms. The van der Waals surface area contributed by atoms with Crippen molar-refractivity contribution in [1.29, 1.82) is 0 Å². The van der Waals surface area contributed by atoms with Gasteiger partial charge < -0.3 is 4.74 Å². The van der Waals surface area contributed by atoms with E-state index < -0.39 is 12.2 Å². The first-order valence-corrected chi connectivity index (χ1v) is 4.81. The summed E-state index contributed by atoms with van der Waals surface area (Å²) >= 11 is 0. The SMILES string of the molecule is NNC(c1ccc2c(c1)CCO2)C(F)(F)F. The Bertz CT molecular complexity index is 392. The standard InChI is InChI=1S/C10H11F3N2O/c11-10(12,13)9(15-14)7-1-2-8-6(5-7)3-4-16-8/h1-2,5,9,15H,3-4,14H2. The number of nitrogens with two attached hydrogens (primary N) is 1. The third kappa shape index (κ3) is 1.98. The largest absolute Gasteiger partial charge is 0.493 e. The van der Waals surface area contributed by atoms with E-state index in [2.05, 4.69) is 0 Å². The van der Waals surface area contributed by atoms with Gasteiger partial charge in [-0.3, -0.25) is 5.84 Å². The van der Waals surface area contributed by atoms with Gasteiger partial charge in [0.15, 0.2) is 0 Å². The molecule has 0 fully saturated rings. The van der Waals surface area contributed by atoms with Gasteiger partial charge in [-0.05, 0) is 17.2 Å². The number of nitrogens with one attached hydrogen (secondary N) is 1. The molecular weight excluding hydrogens is 221 g/mol.